The van der Waals surface area contributed by atoms with Gasteiger partial charge in [-0.25, -0.2) is 0 Å². The van der Waals surface area contributed by atoms with Gasteiger partial charge in [-0.2, -0.15) is 0 Å². The van der Waals surface area contributed by atoms with Crippen LogP contribution in [0.25, 0.3) is 0 Å². The van der Waals surface area contributed by atoms with E-state index in [-0.39, 0.29) is 25.0 Å². The van der Waals surface area contributed by atoms with Crippen LogP contribution in [0.4, 0.5) is 0 Å². The highest BCUT2D eigenvalue weighted by Gasteiger charge is 2.35. The second-order valence-corrected chi connectivity index (χ2v) is 7.43. The topological polar surface area (TPSA) is 148 Å². The molecule has 3 atom stereocenters. The molecule has 10 nitrogen and oxygen atoms in total. The van der Waals surface area contributed by atoms with Crippen molar-refractivity contribution in [1.82, 2.24) is 10.2 Å². The first-order chi connectivity index (χ1) is 14.4. The van der Waals surface area contributed by atoms with Crippen LogP contribution in [0.5, 0.6) is 0 Å². The van der Waals surface area contributed by atoms with Gasteiger partial charge in [0.05, 0.1) is 12.1 Å². The highest BCUT2D eigenvalue weighted by molar-refractivity contribution is 5.84. The van der Waals surface area contributed by atoms with Gasteiger partial charge in [0.1, 0.15) is 12.6 Å². The van der Waals surface area contributed by atoms with Crippen LogP contribution < -0.4 is 11.1 Å². The smallest absolute Gasteiger partial charge is 0.321 e. The third kappa shape index (κ3) is 7.27. The number of likely N-dealkylation sites (tertiary alicyclic amines) is 1. The second kappa shape index (κ2) is 12.1. The summed E-state index contributed by atoms with van der Waals surface area (Å²) in [6.07, 6.45) is 3.40. The maximum atomic E-state index is 13.2. The number of nitrogens with one attached hydrogen (secondary N) is 1. The molecule has 30 heavy (non-hydrogen) atoms. The van der Waals surface area contributed by atoms with Crippen LogP contribution >= 0.6 is 0 Å². The van der Waals surface area contributed by atoms with Crippen molar-refractivity contribution in [3.8, 4) is 0 Å². The van der Waals surface area contributed by atoms with Gasteiger partial charge in [-0.15, -0.1) is 10.1 Å². The highest BCUT2D eigenvalue weighted by atomic mass is 16.9. The molecular weight excluding hydrogens is 392 g/mol. The Hall–Kier alpha value is -2.72. The van der Waals surface area contributed by atoms with Gasteiger partial charge >= 0.3 is 5.97 Å². The number of hydrogen-bond donors (Lipinski definition) is 3. The minimum atomic E-state index is -1.04. The molecule has 166 valence electrons. The number of rotatable bonds is 13. The Balaban J connectivity index is 2.11. The summed E-state index contributed by atoms with van der Waals surface area (Å²) >= 11 is 0. The van der Waals surface area contributed by atoms with E-state index >= 15 is 0 Å². The monoisotopic (exact) mass is 422 g/mol. The van der Waals surface area contributed by atoms with E-state index in [4.69, 9.17) is 5.73 Å². The molecule has 1 aromatic carbocycles. The molecule has 0 saturated carbocycles. The lowest BCUT2D eigenvalue weighted by Crippen LogP contribution is -2.54. The molecule has 10 heteroatoms. The van der Waals surface area contributed by atoms with E-state index in [9.17, 15) is 24.8 Å². The fourth-order valence-corrected chi connectivity index (χ4v) is 3.73. The summed E-state index contributed by atoms with van der Waals surface area (Å²) in [4.78, 5) is 41.7. The fraction of sp³-hybridized carbons (Fsp3) is 0.600. The van der Waals surface area contributed by atoms with E-state index in [2.05, 4.69) is 10.2 Å². The number of nitrogens with two attached hydrogens (primary N) is 1. The molecule has 0 bridgehead atoms. The number of aliphatic carboxylic acids is 1. The number of carbonyl (C=O) groups is 2. The highest BCUT2D eigenvalue weighted by Crippen LogP contribution is 2.20. The zero-order valence-electron chi connectivity index (χ0n) is 16.9. The van der Waals surface area contributed by atoms with E-state index in [0.717, 1.165) is 18.4 Å². The van der Waals surface area contributed by atoms with Crippen LogP contribution in [0.2, 0.25) is 0 Å². The molecule has 1 saturated heterocycles. The summed E-state index contributed by atoms with van der Waals surface area (Å²) in [5.74, 6) is -1.29. The first-order valence-corrected chi connectivity index (χ1v) is 10.2. The van der Waals surface area contributed by atoms with Crippen LogP contribution in [-0.4, -0.2) is 64.8 Å². The lowest BCUT2D eigenvalue weighted by atomic mass is 10.0. The summed E-state index contributed by atoms with van der Waals surface area (Å²) in [6, 6.07) is 7.17. The standard InChI is InChI=1S/C20H30N4O6/c21-11-5-4-10-17(19(25)23-12-6-9-16(23)14-30-24(28)29)22-18(20(26)27)13-15-7-2-1-3-8-15/h1-3,7-8,16-18,22H,4-6,9-14,21H2,(H,26,27)/t16-,17-,18-/m0/s1. The maximum Gasteiger partial charge on any atom is 0.321 e. The van der Waals surface area contributed by atoms with Crippen LogP contribution in [0.3, 0.4) is 0 Å². The first kappa shape index (κ1) is 23.6. The van der Waals surface area contributed by atoms with E-state index in [1.807, 2.05) is 30.3 Å². The van der Waals surface area contributed by atoms with Crippen molar-refractivity contribution >= 4 is 11.9 Å². The Morgan fingerprint density at radius 3 is 2.67 bits per heavy atom. The second-order valence-electron chi connectivity index (χ2n) is 7.43. The normalized spacial score (nSPS) is 18.0. The van der Waals surface area contributed by atoms with E-state index in [0.29, 0.717) is 32.4 Å². The van der Waals surface area contributed by atoms with E-state index in [1.165, 1.54) is 0 Å². The summed E-state index contributed by atoms with van der Waals surface area (Å²) in [6.45, 7) is 0.771. The summed E-state index contributed by atoms with van der Waals surface area (Å²) in [5, 5.41) is 22.4. The molecular formula is C20H30N4O6. The molecule has 1 amide bonds. The summed E-state index contributed by atoms with van der Waals surface area (Å²) in [5.41, 5.74) is 6.42. The van der Waals surface area contributed by atoms with Crippen LogP contribution in [0.1, 0.15) is 37.7 Å². The Morgan fingerprint density at radius 2 is 2.03 bits per heavy atom. The minimum Gasteiger partial charge on any atom is -0.480 e. The van der Waals surface area contributed by atoms with Gasteiger partial charge in [-0.05, 0) is 44.2 Å². The SMILES string of the molecule is NCCCC[C@H](N[C@@H](Cc1ccccc1)C(=O)O)C(=O)N1CCC[C@H]1CO[N+](=O)[O-]. The quantitative estimate of drug-likeness (QED) is 0.242. The van der Waals surface area contributed by atoms with Crippen molar-refractivity contribution in [2.75, 3.05) is 19.7 Å². The first-order valence-electron chi connectivity index (χ1n) is 10.2. The third-order valence-corrected chi connectivity index (χ3v) is 5.26. The van der Waals surface area contributed by atoms with Gasteiger partial charge < -0.3 is 20.6 Å². The number of benzene rings is 1. The average Bonchev–Trinajstić information content (AvgIpc) is 3.19. The van der Waals surface area contributed by atoms with Crippen molar-refractivity contribution in [2.45, 2.75) is 56.7 Å². The number of unbranched alkanes of at least 4 members (excludes halogenated alkanes) is 1. The zero-order chi connectivity index (χ0) is 21.9. The van der Waals surface area contributed by atoms with Crippen molar-refractivity contribution in [1.29, 1.82) is 0 Å². The number of carbonyl (C=O) groups excluding carboxylic acids is 1. The molecule has 0 aliphatic carbocycles. The minimum absolute atomic E-state index is 0.180. The molecule has 0 aromatic heterocycles. The zero-order valence-corrected chi connectivity index (χ0v) is 16.9. The molecule has 1 heterocycles. The largest absolute Gasteiger partial charge is 0.480 e. The van der Waals surface area contributed by atoms with Crippen molar-refractivity contribution < 1.29 is 24.6 Å². The molecule has 1 fully saturated rings. The Labute approximate surface area is 175 Å². The van der Waals surface area contributed by atoms with Crippen molar-refractivity contribution in [3.05, 3.63) is 46.0 Å². The predicted octanol–water partition coefficient (Wildman–Crippen LogP) is 0.969. The fourth-order valence-electron chi connectivity index (χ4n) is 3.73. The molecule has 4 N–H and O–H groups in total. The van der Waals surface area contributed by atoms with Gasteiger partial charge in [0.2, 0.25) is 5.91 Å². The molecule has 2 rings (SSSR count). The number of carboxylic acids is 1. The molecule has 0 radical (unpaired) electrons. The lowest BCUT2D eigenvalue weighted by molar-refractivity contribution is -0.758. The van der Waals surface area contributed by atoms with Gasteiger partial charge in [-0.3, -0.25) is 14.9 Å². The predicted molar refractivity (Wildman–Crippen MR) is 109 cm³/mol. The van der Waals surface area contributed by atoms with Gasteiger partial charge in [-0.1, -0.05) is 36.8 Å². The van der Waals surface area contributed by atoms with Gasteiger partial charge in [0.15, 0.2) is 0 Å². The third-order valence-electron chi connectivity index (χ3n) is 5.26. The summed E-state index contributed by atoms with van der Waals surface area (Å²) in [7, 11) is 0. The molecule has 1 aliphatic heterocycles. The van der Waals surface area contributed by atoms with Crippen LogP contribution in [0.15, 0.2) is 30.3 Å². The Kier molecular flexibility index (Phi) is 9.49. The van der Waals surface area contributed by atoms with Crippen molar-refractivity contribution in [2.24, 2.45) is 5.73 Å². The van der Waals surface area contributed by atoms with Crippen LogP contribution in [-0.2, 0) is 20.8 Å². The molecule has 1 aromatic rings. The summed E-state index contributed by atoms with van der Waals surface area (Å²) < 4.78 is 0. The Bertz CT molecular complexity index is 702. The lowest BCUT2D eigenvalue weighted by Gasteiger charge is -2.30. The molecule has 1 aliphatic rings. The number of hydrogen-bond acceptors (Lipinski definition) is 7. The van der Waals surface area contributed by atoms with E-state index < -0.39 is 23.1 Å². The number of carboxylic acid groups (broad SMARTS) is 1. The number of nitrogens with zero attached hydrogens (tertiary/aromatic N) is 2. The molecule has 0 spiro atoms. The molecule has 0 unspecified atom stereocenters. The van der Waals surface area contributed by atoms with Crippen LogP contribution in [0, 0.1) is 10.1 Å². The Morgan fingerprint density at radius 1 is 1.30 bits per heavy atom. The average molecular weight is 422 g/mol. The van der Waals surface area contributed by atoms with Crippen molar-refractivity contribution in [3.63, 3.8) is 0 Å². The number of amides is 1. The van der Waals surface area contributed by atoms with Gasteiger partial charge in [0, 0.05) is 6.54 Å². The maximum absolute atomic E-state index is 13.2. The van der Waals surface area contributed by atoms with Gasteiger partial charge in [0.25, 0.3) is 5.09 Å². The van der Waals surface area contributed by atoms with E-state index in [1.54, 1.807) is 4.90 Å².